The van der Waals surface area contributed by atoms with Gasteiger partial charge < -0.3 is 20.7 Å². The summed E-state index contributed by atoms with van der Waals surface area (Å²) in [5.41, 5.74) is 6.69. The smallest absolute Gasteiger partial charge is 0.224 e. The molecule has 1 aliphatic rings. The van der Waals surface area contributed by atoms with Crippen LogP contribution in [0, 0.1) is 0 Å². The lowest BCUT2D eigenvalue weighted by Gasteiger charge is -2.29. The molecule has 1 aliphatic heterocycles. The monoisotopic (exact) mass is 291 g/mol. The van der Waals surface area contributed by atoms with Gasteiger partial charge in [-0.15, -0.1) is 0 Å². The zero-order chi connectivity index (χ0) is 15.1. The van der Waals surface area contributed by atoms with Crippen molar-refractivity contribution in [3.8, 4) is 5.75 Å². The Morgan fingerprint density at radius 3 is 2.71 bits per heavy atom. The van der Waals surface area contributed by atoms with Crippen molar-refractivity contribution in [3.63, 3.8) is 0 Å². The second kappa shape index (κ2) is 7.88. The zero-order valence-corrected chi connectivity index (χ0v) is 12.7. The first-order valence-corrected chi connectivity index (χ1v) is 7.62. The molecule has 5 heteroatoms. The average molecular weight is 291 g/mol. The van der Waals surface area contributed by atoms with E-state index in [0.29, 0.717) is 13.0 Å². The van der Waals surface area contributed by atoms with Crippen LogP contribution < -0.4 is 15.8 Å². The summed E-state index contributed by atoms with van der Waals surface area (Å²) in [6.45, 7) is 2.17. The predicted molar refractivity (Wildman–Crippen MR) is 84.5 cm³/mol. The molecule has 1 saturated heterocycles. The van der Waals surface area contributed by atoms with Crippen LogP contribution in [0.2, 0.25) is 0 Å². The Bertz CT molecular complexity index is 459. The summed E-state index contributed by atoms with van der Waals surface area (Å²) in [5, 5.41) is 3.32. The number of piperidine rings is 1. The lowest BCUT2D eigenvalue weighted by molar-refractivity contribution is -0.132. The molecule has 1 aromatic rings. The molecule has 1 heterocycles. The molecule has 1 fully saturated rings. The van der Waals surface area contributed by atoms with Crippen molar-refractivity contribution < 1.29 is 9.53 Å². The van der Waals surface area contributed by atoms with Crippen LogP contribution in [0.5, 0.6) is 5.75 Å². The molecule has 1 aromatic carbocycles. The maximum Gasteiger partial charge on any atom is 0.224 e. The highest BCUT2D eigenvalue weighted by molar-refractivity contribution is 5.77. The molecule has 1 atom stereocenters. The first-order valence-electron chi connectivity index (χ1n) is 7.62. The van der Waals surface area contributed by atoms with E-state index in [1.54, 1.807) is 7.11 Å². The predicted octanol–water partition coefficient (Wildman–Crippen LogP) is 1.84. The van der Waals surface area contributed by atoms with E-state index in [1.165, 1.54) is 6.42 Å². The molecule has 1 unspecified atom stereocenters. The number of methoxy groups -OCH3 is 1. The summed E-state index contributed by atoms with van der Waals surface area (Å²) in [7, 11) is 1.64. The van der Waals surface area contributed by atoms with Gasteiger partial charge in [0, 0.05) is 32.1 Å². The number of carbonyl (C=O) groups excluding carboxylic acids is 1. The molecule has 1 amide bonds. The second-order valence-corrected chi connectivity index (χ2v) is 5.42. The van der Waals surface area contributed by atoms with Gasteiger partial charge in [0.25, 0.3) is 0 Å². The van der Waals surface area contributed by atoms with Gasteiger partial charge in [-0.25, -0.2) is 0 Å². The maximum atomic E-state index is 12.3. The van der Waals surface area contributed by atoms with Gasteiger partial charge in [0.1, 0.15) is 5.75 Å². The minimum Gasteiger partial charge on any atom is -0.495 e. The van der Waals surface area contributed by atoms with E-state index in [1.807, 2.05) is 29.2 Å². The lowest BCUT2D eigenvalue weighted by atomic mass is 10.1. The van der Waals surface area contributed by atoms with E-state index in [-0.39, 0.29) is 11.9 Å². The number of likely N-dealkylation sites (tertiary alicyclic amines) is 1. The minimum absolute atomic E-state index is 0.0734. The molecule has 2 rings (SSSR count). The van der Waals surface area contributed by atoms with E-state index in [9.17, 15) is 4.79 Å². The molecule has 116 valence electrons. The highest BCUT2D eigenvalue weighted by Crippen LogP contribution is 2.24. The average Bonchev–Trinajstić information content (AvgIpc) is 2.55. The SMILES string of the molecule is COc1ccccc1NC(CN)CC(=O)N1CCCCC1. The summed E-state index contributed by atoms with van der Waals surface area (Å²) in [5.74, 6) is 0.953. The van der Waals surface area contributed by atoms with Crippen LogP contribution >= 0.6 is 0 Å². The number of benzene rings is 1. The molecule has 0 radical (unpaired) electrons. The van der Waals surface area contributed by atoms with Crippen LogP contribution in [0.25, 0.3) is 0 Å². The highest BCUT2D eigenvalue weighted by Gasteiger charge is 2.20. The van der Waals surface area contributed by atoms with Crippen molar-refractivity contribution in [2.45, 2.75) is 31.7 Å². The normalized spacial score (nSPS) is 16.4. The third-order valence-electron chi connectivity index (χ3n) is 3.88. The Labute approximate surface area is 126 Å². The highest BCUT2D eigenvalue weighted by atomic mass is 16.5. The van der Waals surface area contributed by atoms with Gasteiger partial charge in [-0.2, -0.15) is 0 Å². The third kappa shape index (κ3) is 4.36. The molecule has 0 aromatic heterocycles. The van der Waals surface area contributed by atoms with E-state index in [2.05, 4.69) is 5.32 Å². The molecule has 3 N–H and O–H groups in total. The Balaban J connectivity index is 1.94. The largest absolute Gasteiger partial charge is 0.495 e. The number of nitrogens with two attached hydrogens (primary N) is 1. The number of hydrogen-bond donors (Lipinski definition) is 2. The Morgan fingerprint density at radius 2 is 2.05 bits per heavy atom. The number of anilines is 1. The van der Waals surface area contributed by atoms with Gasteiger partial charge in [-0.05, 0) is 31.4 Å². The fraction of sp³-hybridized carbons (Fsp3) is 0.562. The lowest BCUT2D eigenvalue weighted by Crippen LogP contribution is -2.40. The van der Waals surface area contributed by atoms with Gasteiger partial charge >= 0.3 is 0 Å². The van der Waals surface area contributed by atoms with E-state index in [4.69, 9.17) is 10.5 Å². The molecule has 0 bridgehead atoms. The van der Waals surface area contributed by atoms with Crippen molar-refractivity contribution in [1.82, 2.24) is 4.90 Å². The quantitative estimate of drug-likeness (QED) is 0.839. The number of ether oxygens (including phenoxy) is 1. The van der Waals surface area contributed by atoms with Gasteiger partial charge in [0.2, 0.25) is 5.91 Å². The number of carbonyl (C=O) groups is 1. The Morgan fingerprint density at radius 1 is 1.33 bits per heavy atom. The standard InChI is InChI=1S/C16H25N3O2/c1-21-15-8-4-3-7-14(15)18-13(12-17)11-16(20)19-9-5-2-6-10-19/h3-4,7-8,13,18H,2,5-6,9-12,17H2,1H3. The summed E-state index contributed by atoms with van der Waals surface area (Å²) >= 11 is 0. The van der Waals surface area contributed by atoms with Gasteiger partial charge in [0.15, 0.2) is 0 Å². The van der Waals surface area contributed by atoms with Crippen molar-refractivity contribution in [1.29, 1.82) is 0 Å². The molecular formula is C16H25N3O2. The Hall–Kier alpha value is -1.75. The maximum absolute atomic E-state index is 12.3. The number of amides is 1. The molecule has 0 saturated carbocycles. The van der Waals surface area contributed by atoms with Crippen molar-refractivity contribution in [2.75, 3.05) is 32.1 Å². The van der Waals surface area contributed by atoms with Crippen LogP contribution in [-0.4, -0.2) is 43.6 Å². The summed E-state index contributed by atoms with van der Waals surface area (Å²) in [6.07, 6.45) is 3.87. The first kappa shape index (κ1) is 15.6. The number of nitrogens with zero attached hydrogens (tertiary/aromatic N) is 1. The van der Waals surface area contributed by atoms with Gasteiger partial charge in [0.05, 0.1) is 12.8 Å². The summed E-state index contributed by atoms with van der Waals surface area (Å²) < 4.78 is 5.31. The van der Waals surface area contributed by atoms with Crippen molar-refractivity contribution in [3.05, 3.63) is 24.3 Å². The van der Waals surface area contributed by atoms with Gasteiger partial charge in [-0.1, -0.05) is 12.1 Å². The number of nitrogens with one attached hydrogen (secondary N) is 1. The third-order valence-corrected chi connectivity index (χ3v) is 3.88. The van der Waals surface area contributed by atoms with Gasteiger partial charge in [-0.3, -0.25) is 4.79 Å². The van der Waals surface area contributed by atoms with Crippen LogP contribution in [0.4, 0.5) is 5.69 Å². The zero-order valence-electron chi connectivity index (χ0n) is 12.7. The number of rotatable bonds is 6. The molecular weight excluding hydrogens is 266 g/mol. The summed E-state index contributed by atoms with van der Waals surface area (Å²) in [6, 6.07) is 7.61. The minimum atomic E-state index is -0.0734. The van der Waals surface area contributed by atoms with Crippen molar-refractivity contribution >= 4 is 11.6 Å². The van der Waals surface area contributed by atoms with Crippen LogP contribution in [0.3, 0.4) is 0 Å². The molecule has 0 spiro atoms. The summed E-state index contributed by atoms with van der Waals surface area (Å²) in [4.78, 5) is 14.3. The fourth-order valence-corrected chi connectivity index (χ4v) is 2.66. The molecule has 0 aliphatic carbocycles. The molecule has 21 heavy (non-hydrogen) atoms. The van der Waals surface area contributed by atoms with E-state index in [0.717, 1.165) is 37.4 Å². The van der Waals surface area contributed by atoms with E-state index < -0.39 is 0 Å². The number of para-hydroxylation sites is 2. The Kier molecular flexibility index (Phi) is 5.87. The van der Waals surface area contributed by atoms with E-state index >= 15 is 0 Å². The second-order valence-electron chi connectivity index (χ2n) is 5.42. The van der Waals surface area contributed by atoms with Crippen LogP contribution in [0.15, 0.2) is 24.3 Å². The van der Waals surface area contributed by atoms with Crippen molar-refractivity contribution in [2.24, 2.45) is 5.73 Å². The topological polar surface area (TPSA) is 67.6 Å². The number of hydrogen-bond acceptors (Lipinski definition) is 4. The fourth-order valence-electron chi connectivity index (χ4n) is 2.66. The van der Waals surface area contributed by atoms with Crippen LogP contribution in [-0.2, 0) is 4.79 Å². The molecule has 5 nitrogen and oxygen atoms in total. The first-order chi connectivity index (χ1) is 10.2. The van der Waals surface area contributed by atoms with Crippen LogP contribution in [0.1, 0.15) is 25.7 Å².